The first kappa shape index (κ1) is 15.6. The molecule has 1 aromatic carbocycles. The molecule has 0 atom stereocenters. The first-order valence-corrected chi connectivity index (χ1v) is 6.49. The zero-order valence-corrected chi connectivity index (χ0v) is 12.1. The van der Waals surface area contributed by atoms with Crippen LogP contribution < -0.4 is 0 Å². The summed E-state index contributed by atoms with van der Waals surface area (Å²) < 4.78 is 18.7. The van der Waals surface area contributed by atoms with Crippen LogP contribution in [-0.4, -0.2) is 37.6 Å². The summed E-state index contributed by atoms with van der Waals surface area (Å²) in [5.41, 5.74) is 0.244. The van der Waals surface area contributed by atoms with E-state index in [0.29, 0.717) is 24.2 Å². The van der Waals surface area contributed by atoms with Crippen LogP contribution in [0.2, 0.25) is 0 Å². The number of methoxy groups -OCH3 is 1. The number of benzene rings is 1. The van der Waals surface area contributed by atoms with Gasteiger partial charge >= 0.3 is 0 Å². The molecular weight excluding hydrogens is 315 g/mol. The van der Waals surface area contributed by atoms with Crippen molar-refractivity contribution in [3.05, 3.63) is 34.1 Å². The van der Waals surface area contributed by atoms with Gasteiger partial charge in [-0.25, -0.2) is 4.39 Å². The van der Waals surface area contributed by atoms with Crippen molar-refractivity contribution < 1.29 is 13.9 Å². The molecule has 6 heteroatoms. The van der Waals surface area contributed by atoms with Crippen molar-refractivity contribution in [2.45, 2.75) is 6.42 Å². The number of nitriles is 1. The largest absolute Gasteiger partial charge is 0.383 e. The molecule has 102 valence electrons. The first-order chi connectivity index (χ1) is 9.10. The van der Waals surface area contributed by atoms with Gasteiger partial charge in [0.2, 0.25) is 0 Å². The van der Waals surface area contributed by atoms with E-state index in [1.807, 2.05) is 6.07 Å². The third-order valence-electron chi connectivity index (χ3n) is 2.50. The highest BCUT2D eigenvalue weighted by molar-refractivity contribution is 9.10. The second kappa shape index (κ2) is 7.87. The smallest absolute Gasteiger partial charge is 0.255 e. The molecule has 1 amide bonds. The van der Waals surface area contributed by atoms with E-state index in [-0.39, 0.29) is 17.9 Å². The van der Waals surface area contributed by atoms with Crippen LogP contribution in [-0.2, 0) is 4.74 Å². The second-order valence-electron chi connectivity index (χ2n) is 3.82. The van der Waals surface area contributed by atoms with Crippen molar-refractivity contribution in [1.82, 2.24) is 4.90 Å². The van der Waals surface area contributed by atoms with Gasteiger partial charge < -0.3 is 9.64 Å². The number of nitrogens with zero attached hydrogens (tertiary/aromatic N) is 2. The Morgan fingerprint density at radius 2 is 2.26 bits per heavy atom. The van der Waals surface area contributed by atoms with Crippen LogP contribution >= 0.6 is 15.9 Å². The van der Waals surface area contributed by atoms with Gasteiger partial charge in [0, 0.05) is 24.7 Å². The number of halogens is 2. The monoisotopic (exact) mass is 328 g/mol. The SMILES string of the molecule is COCCN(CCC#N)C(=O)c1cc(F)ccc1Br. The minimum absolute atomic E-state index is 0.225. The van der Waals surface area contributed by atoms with Gasteiger partial charge in [0.25, 0.3) is 5.91 Å². The fraction of sp³-hybridized carbons (Fsp3) is 0.385. The van der Waals surface area contributed by atoms with Crippen LogP contribution in [0.25, 0.3) is 0 Å². The number of rotatable bonds is 6. The highest BCUT2D eigenvalue weighted by Gasteiger charge is 2.18. The van der Waals surface area contributed by atoms with Crippen LogP contribution in [0.1, 0.15) is 16.8 Å². The molecule has 0 saturated carbocycles. The molecule has 0 aliphatic heterocycles. The maximum Gasteiger partial charge on any atom is 0.255 e. The quantitative estimate of drug-likeness (QED) is 0.806. The Kier molecular flexibility index (Phi) is 6.46. The number of carbonyl (C=O) groups is 1. The normalized spacial score (nSPS) is 10.0. The van der Waals surface area contributed by atoms with Gasteiger partial charge in [-0.2, -0.15) is 5.26 Å². The molecule has 0 unspecified atom stereocenters. The van der Waals surface area contributed by atoms with Gasteiger partial charge in [0.05, 0.1) is 24.7 Å². The predicted molar refractivity (Wildman–Crippen MR) is 72.1 cm³/mol. The molecule has 0 N–H and O–H groups in total. The Bertz CT molecular complexity index is 488. The second-order valence-corrected chi connectivity index (χ2v) is 4.67. The molecule has 0 bridgehead atoms. The van der Waals surface area contributed by atoms with Gasteiger partial charge in [-0.15, -0.1) is 0 Å². The van der Waals surface area contributed by atoms with E-state index in [0.717, 1.165) is 0 Å². The number of hydrogen-bond donors (Lipinski definition) is 0. The lowest BCUT2D eigenvalue weighted by atomic mass is 10.2. The predicted octanol–water partition coefficient (Wildman–Crippen LogP) is 2.59. The van der Waals surface area contributed by atoms with Gasteiger partial charge in [-0.3, -0.25) is 4.79 Å². The van der Waals surface area contributed by atoms with Crippen LogP contribution in [0, 0.1) is 17.1 Å². The molecule has 0 spiro atoms. The van der Waals surface area contributed by atoms with E-state index in [1.165, 1.54) is 30.2 Å². The summed E-state index contributed by atoms with van der Waals surface area (Å²) in [5.74, 6) is -0.794. The van der Waals surface area contributed by atoms with Gasteiger partial charge in [0.1, 0.15) is 5.82 Å². The summed E-state index contributed by atoms with van der Waals surface area (Å²) >= 11 is 3.23. The lowest BCUT2D eigenvalue weighted by molar-refractivity contribution is 0.0698. The Balaban J connectivity index is 2.91. The van der Waals surface area contributed by atoms with Crippen molar-refractivity contribution in [2.24, 2.45) is 0 Å². The summed E-state index contributed by atoms with van der Waals surface area (Å²) in [6.07, 6.45) is 0.225. The molecule has 0 aromatic heterocycles. The molecule has 1 aromatic rings. The van der Waals surface area contributed by atoms with Gasteiger partial charge in [0.15, 0.2) is 0 Å². The van der Waals surface area contributed by atoms with Crippen molar-refractivity contribution in [1.29, 1.82) is 5.26 Å². The average molecular weight is 329 g/mol. The number of ether oxygens (including phenoxy) is 1. The topological polar surface area (TPSA) is 53.3 Å². The molecule has 0 saturated heterocycles. The highest BCUT2D eigenvalue weighted by Crippen LogP contribution is 2.19. The van der Waals surface area contributed by atoms with Crippen molar-refractivity contribution in [2.75, 3.05) is 26.8 Å². The van der Waals surface area contributed by atoms with E-state index >= 15 is 0 Å². The minimum Gasteiger partial charge on any atom is -0.383 e. The summed E-state index contributed by atoms with van der Waals surface area (Å²) in [4.78, 5) is 13.8. The Morgan fingerprint density at radius 3 is 2.89 bits per heavy atom. The first-order valence-electron chi connectivity index (χ1n) is 5.70. The zero-order valence-electron chi connectivity index (χ0n) is 10.5. The van der Waals surface area contributed by atoms with E-state index in [1.54, 1.807) is 0 Å². The maximum absolute atomic E-state index is 13.2. The Labute approximate surface area is 119 Å². The van der Waals surface area contributed by atoms with Crippen LogP contribution in [0.3, 0.4) is 0 Å². The van der Waals surface area contributed by atoms with Crippen LogP contribution in [0.15, 0.2) is 22.7 Å². The summed E-state index contributed by atoms with van der Waals surface area (Å²) in [6, 6.07) is 5.93. The summed E-state index contributed by atoms with van der Waals surface area (Å²) in [7, 11) is 1.53. The van der Waals surface area contributed by atoms with Crippen LogP contribution in [0.4, 0.5) is 4.39 Å². The molecule has 0 aliphatic carbocycles. The molecule has 0 radical (unpaired) electrons. The molecular formula is C13H14BrFN2O2. The molecule has 19 heavy (non-hydrogen) atoms. The molecule has 0 heterocycles. The van der Waals surface area contributed by atoms with Crippen molar-refractivity contribution >= 4 is 21.8 Å². The van der Waals surface area contributed by atoms with Crippen molar-refractivity contribution in [3.63, 3.8) is 0 Å². The number of amides is 1. The lowest BCUT2D eigenvalue weighted by Gasteiger charge is -2.21. The standard InChI is InChI=1S/C13H14BrFN2O2/c1-19-8-7-17(6-2-5-16)13(18)11-9-10(15)3-4-12(11)14/h3-4,9H,2,6-8H2,1H3. The number of hydrogen-bond acceptors (Lipinski definition) is 3. The fourth-order valence-electron chi connectivity index (χ4n) is 1.53. The van der Waals surface area contributed by atoms with E-state index in [9.17, 15) is 9.18 Å². The lowest BCUT2D eigenvalue weighted by Crippen LogP contribution is -2.35. The average Bonchev–Trinajstić information content (AvgIpc) is 2.41. The van der Waals surface area contributed by atoms with Gasteiger partial charge in [-0.1, -0.05) is 0 Å². The Hall–Kier alpha value is -1.45. The third-order valence-corrected chi connectivity index (χ3v) is 3.20. The van der Waals surface area contributed by atoms with E-state index in [4.69, 9.17) is 10.00 Å². The highest BCUT2D eigenvalue weighted by atomic mass is 79.9. The van der Waals surface area contributed by atoms with Crippen LogP contribution in [0.5, 0.6) is 0 Å². The third kappa shape index (κ3) is 4.62. The maximum atomic E-state index is 13.2. The fourth-order valence-corrected chi connectivity index (χ4v) is 1.95. The van der Waals surface area contributed by atoms with E-state index < -0.39 is 5.82 Å². The van der Waals surface area contributed by atoms with Crippen molar-refractivity contribution in [3.8, 4) is 6.07 Å². The molecule has 1 rings (SSSR count). The summed E-state index contributed by atoms with van der Waals surface area (Å²) in [5, 5.41) is 8.60. The minimum atomic E-state index is -0.474. The number of carbonyl (C=O) groups excluding carboxylic acids is 1. The summed E-state index contributed by atoms with van der Waals surface area (Å²) in [6.45, 7) is 1.02. The van der Waals surface area contributed by atoms with Gasteiger partial charge in [-0.05, 0) is 34.1 Å². The molecule has 0 fully saturated rings. The Morgan fingerprint density at radius 1 is 1.53 bits per heavy atom. The van der Waals surface area contributed by atoms with E-state index in [2.05, 4.69) is 15.9 Å². The molecule has 4 nitrogen and oxygen atoms in total. The zero-order chi connectivity index (χ0) is 14.3. The molecule has 0 aliphatic rings.